The van der Waals surface area contributed by atoms with Gasteiger partial charge in [-0.1, -0.05) is 6.07 Å². The van der Waals surface area contributed by atoms with Gasteiger partial charge in [0.05, 0.1) is 31.0 Å². The molecular weight excluding hydrogens is 260 g/mol. The lowest BCUT2D eigenvalue weighted by Gasteiger charge is -2.24. The van der Waals surface area contributed by atoms with Gasteiger partial charge in [-0.25, -0.2) is 4.98 Å². The van der Waals surface area contributed by atoms with Crippen molar-refractivity contribution in [1.29, 1.82) is 0 Å². The fourth-order valence-corrected chi connectivity index (χ4v) is 2.66. The summed E-state index contributed by atoms with van der Waals surface area (Å²) < 4.78 is 5.33. The van der Waals surface area contributed by atoms with Crippen molar-refractivity contribution >= 4 is 17.0 Å². The molecule has 2 rings (SSSR count). The van der Waals surface area contributed by atoms with Gasteiger partial charge in [0.15, 0.2) is 0 Å². The number of aromatic nitrogens is 1. The highest BCUT2D eigenvalue weighted by molar-refractivity contribution is 7.07. The third-order valence-electron chi connectivity index (χ3n) is 2.97. The standard InChI is InChI=1S/C14H18N2O2S/c1-10(17)14-12(5-4-6-13(14)18-3)16(2)7-11-8-19-9-15-11/h4-6,8-10,17H,7H2,1-3H3. The highest BCUT2D eigenvalue weighted by Gasteiger charge is 2.17. The Labute approximate surface area is 117 Å². The Kier molecular flexibility index (Phi) is 4.39. The van der Waals surface area contributed by atoms with Gasteiger partial charge in [-0.3, -0.25) is 0 Å². The zero-order chi connectivity index (χ0) is 13.8. The van der Waals surface area contributed by atoms with Crippen LogP contribution in [0.5, 0.6) is 5.75 Å². The zero-order valence-corrected chi connectivity index (χ0v) is 12.1. The maximum atomic E-state index is 9.97. The summed E-state index contributed by atoms with van der Waals surface area (Å²) in [5.41, 5.74) is 4.61. The number of ether oxygens (including phenoxy) is 1. The van der Waals surface area contributed by atoms with Crippen LogP contribution < -0.4 is 9.64 Å². The molecule has 0 radical (unpaired) electrons. The Hall–Kier alpha value is -1.59. The van der Waals surface area contributed by atoms with Gasteiger partial charge in [0.25, 0.3) is 0 Å². The van der Waals surface area contributed by atoms with Crippen LogP contribution in [0.4, 0.5) is 5.69 Å². The number of hydrogen-bond acceptors (Lipinski definition) is 5. The highest BCUT2D eigenvalue weighted by atomic mass is 32.1. The number of rotatable bonds is 5. The van der Waals surface area contributed by atoms with Crippen LogP contribution in [0.15, 0.2) is 29.1 Å². The number of aliphatic hydroxyl groups excluding tert-OH is 1. The Bertz CT molecular complexity index is 526. The average Bonchev–Trinajstić information content (AvgIpc) is 2.90. The van der Waals surface area contributed by atoms with Gasteiger partial charge >= 0.3 is 0 Å². The zero-order valence-electron chi connectivity index (χ0n) is 11.3. The molecule has 0 aliphatic heterocycles. The van der Waals surface area contributed by atoms with Crippen LogP contribution >= 0.6 is 11.3 Å². The molecule has 0 aliphatic carbocycles. The summed E-state index contributed by atoms with van der Waals surface area (Å²) in [6, 6.07) is 5.77. The van der Waals surface area contributed by atoms with Crippen LogP contribution in [-0.4, -0.2) is 24.2 Å². The van der Waals surface area contributed by atoms with Gasteiger partial charge in [-0.15, -0.1) is 11.3 Å². The maximum Gasteiger partial charge on any atom is 0.126 e. The molecule has 0 saturated heterocycles. The first-order valence-corrected chi connectivity index (χ1v) is 7.01. The molecule has 1 unspecified atom stereocenters. The van der Waals surface area contributed by atoms with Crippen molar-refractivity contribution in [2.24, 2.45) is 0 Å². The molecule has 0 bridgehead atoms. The summed E-state index contributed by atoms with van der Waals surface area (Å²) in [5.74, 6) is 0.706. The fourth-order valence-electron chi connectivity index (χ4n) is 2.11. The van der Waals surface area contributed by atoms with E-state index < -0.39 is 6.10 Å². The second kappa shape index (κ2) is 6.04. The predicted molar refractivity (Wildman–Crippen MR) is 77.8 cm³/mol. The Morgan fingerprint density at radius 3 is 2.84 bits per heavy atom. The first-order valence-electron chi connectivity index (χ1n) is 6.06. The number of hydrogen-bond donors (Lipinski definition) is 1. The molecule has 0 spiro atoms. The first kappa shape index (κ1) is 13.8. The SMILES string of the molecule is COc1cccc(N(C)Cc2cscn2)c1C(C)O. The van der Waals surface area contributed by atoms with Gasteiger partial charge in [0.1, 0.15) is 5.75 Å². The molecule has 1 aromatic heterocycles. The second-order valence-electron chi connectivity index (χ2n) is 4.40. The number of nitrogens with zero attached hydrogens (tertiary/aromatic N) is 2. The lowest BCUT2D eigenvalue weighted by molar-refractivity contribution is 0.194. The van der Waals surface area contributed by atoms with Crippen molar-refractivity contribution in [3.8, 4) is 5.75 Å². The van der Waals surface area contributed by atoms with Crippen molar-refractivity contribution in [2.45, 2.75) is 19.6 Å². The van der Waals surface area contributed by atoms with E-state index in [1.54, 1.807) is 25.4 Å². The van der Waals surface area contributed by atoms with E-state index >= 15 is 0 Å². The van der Waals surface area contributed by atoms with Crippen molar-refractivity contribution in [1.82, 2.24) is 4.98 Å². The number of methoxy groups -OCH3 is 1. The van der Waals surface area contributed by atoms with Crippen LogP contribution in [0.2, 0.25) is 0 Å². The molecule has 0 fully saturated rings. The molecule has 19 heavy (non-hydrogen) atoms. The maximum absolute atomic E-state index is 9.97. The highest BCUT2D eigenvalue weighted by Crippen LogP contribution is 2.34. The molecular formula is C14H18N2O2S. The fraction of sp³-hybridized carbons (Fsp3) is 0.357. The molecule has 5 heteroatoms. The molecule has 0 amide bonds. The van der Waals surface area contributed by atoms with E-state index in [-0.39, 0.29) is 0 Å². The van der Waals surface area contributed by atoms with Crippen molar-refractivity contribution in [2.75, 3.05) is 19.1 Å². The molecule has 0 aliphatic rings. The molecule has 102 valence electrons. The van der Waals surface area contributed by atoms with E-state index in [0.717, 1.165) is 16.9 Å². The molecule has 1 aromatic carbocycles. The van der Waals surface area contributed by atoms with Gasteiger partial charge in [0.2, 0.25) is 0 Å². The van der Waals surface area contributed by atoms with Crippen LogP contribution in [0.1, 0.15) is 24.3 Å². The number of thiazole rings is 1. The number of aliphatic hydroxyl groups is 1. The van der Waals surface area contributed by atoms with Gasteiger partial charge in [0, 0.05) is 23.7 Å². The van der Waals surface area contributed by atoms with E-state index in [4.69, 9.17) is 4.74 Å². The molecule has 0 saturated carbocycles. The molecule has 2 aromatic rings. The Morgan fingerprint density at radius 1 is 1.47 bits per heavy atom. The quantitative estimate of drug-likeness (QED) is 0.913. The Morgan fingerprint density at radius 2 is 2.26 bits per heavy atom. The van der Waals surface area contributed by atoms with E-state index in [0.29, 0.717) is 12.3 Å². The van der Waals surface area contributed by atoms with E-state index in [1.807, 2.05) is 36.1 Å². The van der Waals surface area contributed by atoms with Crippen molar-refractivity contribution in [3.63, 3.8) is 0 Å². The lowest BCUT2D eigenvalue weighted by Crippen LogP contribution is -2.19. The van der Waals surface area contributed by atoms with Crippen molar-refractivity contribution in [3.05, 3.63) is 40.3 Å². The predicted octanol–water partition coefficient (Wildman–Crippen LogP) is 2.84. The van der Waals surface area contributed by atoms with Gasteiger partial charge < -0.3 is 14.7 Å². The largest absolute Gasteiger partial charge is 0.496 e. The van der Waals surface area contributed by atoms with Gasteiger partial charge in [-0.2, -0.15) is 0 Å². The Balaban J connectivity index is 2.32. The second-order valence-corrected chi connectivity index (χ2v) is 5.12. The van der Waals surface area contributed by atoms with Crippen LogP contribution in [-0.2, 0) is 6.54 Å². The third kappa shape index (κ3) is 3.05. The molecule has 1 heterocycles. The number of benzene rings is 1. The summed E-state index contributed by atoms with van der Waals surface area (Å²) in [5, 5.41) is 12.0. The normalized spacial score (nSPS) is 12.2. The summed E-state index contributed by atoms with van der Waals surface area (Å²) >= 11 is 1.58. The third-order valence-corrected chi connectivity index (χ3v) is 3.61. The molecule has 1 N–H and O–H groups in total. The first-order chi connectivity index (χ1) is 9.13. The topological polar surface area (TPSA) is 45.6 Å². The summed E-state index contributed by atoms with van der Waals surface area (Å²) in [7, 11) is 3.60. The van der Waals surface area contributed by atoms with E-state index in [1.165, 1.54) is 0 Å². The summed E-state index contributed by atoms with van der Waals surface area (Å²) in [6.45, 7) is 2.45. The average molecular weight is 278 g/mol. The van der Waals surface area contributed by atoms with Crippen molar-refractivity contribution < 1.29 is 9.84 Å². The summed E-state index contributed by atoms with van der Waals surface area (Å²) in [6.07, 6.45) is -0.580. The van der Waals surface area contributed by atoms with Crippen LogP contribution in [0, 0.1) is 0 Å². The summed E-state index contributed by atoms with van der Waals surface area (Å²) in [4.78, 5) is 6.35. The minimum atomic E-state index is -0.580. The van der Waals surface area contributed by atoms with E-state index in [9.17, 15) is 5.11 Å². The number of anilines is 1. The van der Waals surface area contributed by atoms with Gasteiger partial charge in [-0.05, 0) is 19.1 Å². The minimum Gasteiger partial charge on any atom is -0.496 e. The van der Waals surface area contributed by atoms with E-state index in [2.05, 4.69) is 9.88 Å². The minimum absolute atomic E-state index is 0.580. The molecule has 1 atom stereocenters. The van der Waals surface area contributed by atoms with Crippen LogP contribution in [0.3, 0.4) is 0 Å². The smallest absolute Gasteiger partial charge is 0.126 e. The lowest BCUT2D eigenvalue weighted by atomic mass is 10.1. The molecule has 4 nitrogen and oxygen atoms in total. The van der Waals surface area contributed by atoms with Crippen LogP contribution in [0.25, 0.3) is 0 Å². The monoisotopic (exact) mass is 278 g/mol.